The topological polar surface area (TPSA) is 35.6 Å². The Bertz CT molecular complexity index is 653. The van der Waals surface area contributed by atoms with Gasteiger partial charge in [-0.1, -0.05) is 15.9 Å². The fourth-order valence-corrected chi connectivity index (χ4v) is 2.07. The van der Waals surface area contributed by atoms with Crippen molar-refractivity contribution in [2.45, 2.75) is 0 Å². The molecule has 3 rings (SSSR count). The zero-order valence-electron chi connectivity index (χ0n) is 8.63. The monoisotopic (exact) mass is 276 g/mol. The Hall–Kier alpha value is -1.62. The second kappa shape index (κ2) is 3.45. The molecule has 0 saturated carbocycles. The Morgan fingerprint density at radius 1 is 1.31 bits per heavy atom. The summed E-state index contributed by atoms with van der Waals surface area (Å²) in [6, 6.07) is 6.05. The lowest BCUT2D eigenvalue weighted by molar-refractivity contribution is 0.767. The van der Waals surface area contributed by atoms with E-state index in [0.717, 1.165) is 21.2 Å². The molecule has 2 aromatic heterocycles. The lowest BCUT2D eigenvalue weighted by Crippen LogP contribution is -1.89. The number of fused-ring (bicyclic) bond motifs is 1. The second-order valence-corrected chi connectivity index (χ2v) is 4.54. The van der Waals surface area contributed by atoms with E-state index in [9.17, 15) is 0 Å². The zero-order chi connectivity index (χ0) is 11.1. The molecule has 4 nitrogen and oxygen atoms in total. The maximum absolute atomic E-state index is 4.36. The number of hydrogen-bond donors (Lipinski definition) is 0. The molecule has 0 aliphatic heterocycles. The third kappa shape index (κ3) is 1.44. The van der Waals surface area contributed by atoms with E-state index in [1.54, 1.807) is 4.68 Å². The average molecular weight is 277 g/mol. The average Bonchev–Trinajstić information content (AvgIpc) is 2.83. The summed E-state index contributed by atoms with van der Waals surface area (Å²) in [4.78, 5) is 4.36. The maximum atomic E-state index is 4.36. The number of aromatic nitrogens is 4. The van der Waals surface area contributed by atoms with Crippen molar-refractivity contribution >= 4 is 27.0 Å². The van der Waals surface area contributed by atoms with Crippen LogP contribution in [-0.2, 0) is 7.05 Å². The molecule has 0 aliphatic carbocycles. The third-order valence-corrected chi connectivity index (χ3v) is 2.97. The summed E-state index contributed by atoms with van der Waals surface area (Å²) >= 11 is 3.44. The van der Waals surface area contributed by atoms with Gasteiger partial charge < -0.3 is 0 Å². The normalized spacial score (nSPS) is 11.1. The molecule has 0 saturated heterocycles. The first kappa shape index (κ1) is 9.59. The predicted octanol–water partition coefficient (Wildman–Crippen LogP) is 2.52. The van der Waals surface area contributed by atoms with Gasteiger partial charge in [0.1, 0.15) is 6.33 Å². The lowest BCUT2D eigenvalue weighted by atomic mass is 10.3. The number of halogens is 1. The van der Waals surface area contributed by atoms with Gasteiger partial charge in [-0.2, -0.15) is 5.10 Å². The van der Waals surface area contributed by atoms with Crippen LogP contribution in [0.25, 0.3) is 16.7 Å². The third-order valence-electron chi connectivity index (χ3n) is 2.48. The van der Waals surface area contributed by atoms with Crippen molar-refractivity contribution in [2.24, 2.45) is 7.05 Å². The van der Waals surface area contributed by atoms with E-state index in [4.69, 9.17) is 0 Å². The van der Waals surface area contributed by atoms with E-state index in [0.29, 0.717) is 0 Å². The van der Waals surface area contributed by atoms with E-state index < -0.39 is 0 Å². The zero-order valence-corrected chi connectivity index (χ0v) is 10.2. The molecular weight excluding hydrogens is 268 g/mol. The molecule has 0 atom stereocenters. The number of hydrogen-bond acceptors (Lipinski definition) is 2. The minimum atomic E-state index is 0.971. The highest BCUT2D eigenvalue weighted by Crippen LogP contribution is 2.21. The van der Waals surface area contributed by atoms with Crippen LogP contribution in [0.5, 0.6) is 0 Å². The van der Waals surface area contributed by atoms with Crippen molar-refractivity contribution in [3.05, 3.63) is 41.4 Å². The lowest BCUT2D eigenvalue weighted by Gasteiger charge is -1.99. The number of rotatable bonds is 1. The van der Waals surface area contributed by atoms with Crippen LogP contribution in [0, 0.1) is 0 Å². The first-order valence-electron chi connectivity index (χ1n) is 4.86. The van der Waals surface area contributed by atoms with E-state index >= 15 is 0 Å². The Balaban J connectivity index is 2.25. The van der Waals surface area contributed by atoms with Crippen LogP contribution in [0.4, 0.5) is 0 Å². The van der Waals surface area contributed by atoms with Gasteiger partial charge >= 0.3 is 0 Å². The minimum absolute atomic E-state index is 0.971. The molecule has 0 spiro atoms. The molecule has 3 aromatic rings. The van der Waals surface area contributed by atoms with Crippen LogP contribution in [0.3, 0.4) is 0 Å². The van der Waals surface area contributed by atoms with Crippen LogP contribution in [0.15, 0.2) is 41.4 Å². The number of nitrogens with zero attached hydrogens (tertiary/aromatic N) is 4. The molecular formula is C11H9BrN4. The summed E-state index contributed by atoms with van der Waals surface area (Å²) < 4.78 is 4.84. The van der Waals surface area contributed by atoms with E-state index in [-0.39, 0.29) is 0 Å². The number of imidazole rings is 1. The SMILES string of the molecule is Cn1cc(-n2cnc3cc(Br)ccc32)cn1. The summed E-state index contributed by atoms with van der Waals surface area (Å²) in [5.74, 6) is 0. The second-order valence-electron chi connectivity index (χ2n) is 3.62. The standard InChI is InChI=1S/C11H9BrN4/c1-15-6-9(5-14-15)16-7-13-10-4-8(12)2-3-11(10)16/h2-7H,1H3. The maximum Gasteiger partial charge on any atom is 0.101 e. The largest absolute Gasteiger partial charge is 0.296 e. The van der Waals surface area contributed by atoms with Gasteiger partial charge in [-0.25, -0.2) is 4.98 Å². The minimum Gasteiger partial charge on any atom is -0.296 e. The predicted molar refractivity (Wildman–Crippen MR) is 65.5 cm³/mol. The van der Waals surface area contributed by atoms with Crippen molar-refractivity contribution in [1.29, 1.82) is 0 Å². The highest BCUT2D eigenvalue weighted by molar-refractivity contribution is 9.10. The van der Waals surface area contributed by atoms with Gasteiger partial charge in [0.05, 0.1) is 22.9 Å². The van der Waals surface area contributed by atoms with Gasteiger partial charge in [0, 0.05) is 17.7 Å². The smallest absolute Gasteiger partial charge is 0.101 e. The van der Waals surface area contributed by atoms with Crippen LogP contribution in [0.2, 0.25) is 0 Å². The van der Waals surface area contributed by atoms with Gasteiger partial charge in [0.25, 0.3) is 0 Å². The number of benzene rings is 1. The summed E-state index contributed by atoms with van der Waals surface area (Å²) in [5, 5.41) is 4.16. The summed E-state index contributed by atoms with van der Waals surface area (Å²) in [5.41, 5.74) is 3.07. The van der Waals surface area contributed by atoms with Crippen molar-refractivity contribution < 1.29 is 0 Å². The molecule has 1 aromatic carbocycles. The quantitative estimate of drug-likeness (QED) is 0.685. The molecule has 0 aliphatic rings. The van der Waals surface area contributed by atoms with Gasteiger partial charge in [0.2, 0.25) is 0 Å². The Morgan fingerprint density at radius 3 is 2.94 bits per heavy atom. The van der Waals surface area contributed by atoms with Crippen LogP contribution in [0.1, 0.15) is 0 Å². The molecule has 2 heterocycles. The van der Waals surface area contributed by atoms with E-state index in [1.807, 2.05) is 48.5 Å². The van der Waals surface area contributed by atoms with Gasteiger partial charge in [-0.15, -0.1) is 0 Å². The first-order valence-corrected chi connectivity index (χ1v) is 5.65. The van der Waals surface area contributed by atoms with Crippen molar-refractivity contribution in [3.8, 4) is 5.69 Å². The molecule has 0 radical (unpaired) electrons. The number of aryl methyl sites for hydroxylation is 1. The van der Waals surface area contributed by atoms with Crippen LogP contribution >= 0.6 is 15.9 Å². The fraction of sp³-hybridized carbons (Fsp3) is 0.0909. The summed E-state index contributed by atoms with van der Waals surface area (Å²) in [6.07, 6.45) is 5.60. The molecule has 0 bridgehead atoms. The van der Waals surface area contributed by atoms with Crippen LogP contribution < -0.4 is 0 Å². The van der Waals surface area contributed by atoms with E-state index in [2.05, 4.69) is 26.0 Å². The fourth-order valence-electron chi connectivity index (χ4n) is 1.72. The summed E-state index contributed by atoms with van der Waals surface area (Å²) in [6.45, 7) is 0. The van der Waals surface area contributed by atoms with Gasteiger partial charge in [-0.05, 0) is 18.2 Å². The van der Waals surface area contributed by atoms with Crippen molar-refractivity contribution in [1.82, 2.24) is 19.3 Å². The molecule has 80 valence electrons. The van der Waals surface area contributed by atoms with Gasteiger partial charge in [-0.3, -0.25) is 9.25 Å². The highest BCUT2D eigenvalue weighted by atomic mass is 79.9. The van der Waals surface area contributed by atoms with Crippen LogP contribution in [-0.4, -0.2) is 19.3 Å². The molecule has 0 N–H and O–H groups in total. The summed E-state index contributed by atoms with van der Waals surface area (Å²) in [7, 11) is 1.90. The van der Waals surface area contributed by atoms with E-state index in [1.165, 1.54) is 0 Å². The molecule has 5 heteroatoms. The molecule has 0 fully saturated rings. The highest BCUT2D eigenvalue weighted by Gasteiger charge is 2.05. The Morgan fingerprint density at radius 2 is 2.19 bits per heavy atom. The van der Waals surface area contributed by atoms with Crippen molar-refractivity contribution in [3.63, 3.8) is 0 Å². The Kier molecular flexibility index (Phi) is 2.07. The molecule has 16 heavy (non-hydrogen) atoms. The molecule has 0 amide bonds. The van der Waals surface area contributed by atoms with Gasteiger partial charge in [0.15, 0.2) is 0 Å². The van der Waals surface area contributed by atoms with Crippen molar-refractivity contribution in [2.75, 3.05) is 0 Å². The first-order chi connectivity index (χ1) is 7.74. The molecule has 0 unspecified atom stereocenters. The Labute approximate surface area is 101 Å².